The number of hydrogen-bond donors (Lipinski definition) is 0. The lowest BCUT2D eigenvalue weighted by atomic mass is 9.94. The predicted molar refractivity (Wildman–Crippen MR) is 72.8 cm³/mol. The first-order valence-electron chi connectivity index (χ1n) is 5.98. The summed E-state index contributed by atoms with van der Waals surface area (Å²) < 4.78 is 0. The number of rotatable bonds is 1. The van der Waals surface area contributed by atoms with E-state index in [2.05, 4.69) is 68.8 Å². The summed E-state index contributed by atoms with van der Waals surface area (Å²) in [5.41, 5.74) is 8.08. The lowest BCUT2D eigenvalue weighted by Gasteiger charge is -2.11. The van der Waals surface area contributed by atoms with Gasteiger partial charge in [0.25, 0.3) is 0 Å². The molecule has 83 valence electrons. The maximum atomic E-state index is 2.26. The maximum Gasteiger partial charge on any atom is 0.0138 e. The number of allylic oxidation sites excluding steroid dienone is 1. The normalized spacial score (nSPS) is 13.4. The summed E-state index contributed by atoms with van der Waals surface area (Å²) in [6, 6.07) is 15.1. The van der Waals surface area contributed by atoms with Gasteiger partial charge in [-0.25, -0.2) is 0 Å². The van der Waals surface area contributed by atoms with Crippen LogP contribution in [0.2, 0.25) is 0 Å². The van der Waals surface area contributed by atoms with E-state index in [-0.39, 0.29) is 0 Å². The van der Waals surface area contributed by atoms with Gasteiger partial charge in [0.2, 0.25) is 0 Å². The van der Waals surface area contributed by atoms with Gasteiger partial charge in [-0.05, 0) is 41.7 Å². The van der Waals surface area contributed by atoms with Crippen LogP contribution in [0.3, 0.4) is 0 Å². The first-order chi connectivity index (χ1) is 8.25. The summed E-state index contributed by atoms with van der Waals surface area (Å²) in [6.07, 6.45) is 4.45. The van der Waals surface area contributed by atoms with Gasteiger partial charge in [0.1, 0.15) is 0 Å². The Kier molecular flexibility index (Phi) is 2.36. The Morgan fingerprint density at radius 3 is 2.41 bits per heavy atom. The molecule has 17 heavy (non-hydrogen) atoms. The Balaban J connectivity index is 2.16. The molecule has 2 aromatic carbocycles. The number of aryl methyl sites for hydroxylation is 2. The van der Waals surface area contributed by atoms with Crippen molar-refractivity contribution >= 4 is 5.57 Å². The second-order valence-corrected chi connectivity index (χ2v) is 4.66. The van der Waals surface area contributed by atoms with Crippen molar-refractivity contribution in [2.24, 2.45) is 0 Å². The summed E-state index contributed by atoms with van der Waals surface area (Å²) in [7, 11) is 0. The fraction of sp³-hybridized carbons (Fsp3) is 0.118. The average Bonchev–Trinajstić information content (AvgIpc) is 2.74. The van der Waals surface area contributed by atoms with Crippen LogP contribution in [0.15, 0.2) is 48.5 Å². The van der Waals surface area contributed by atoms with Gasteiger partial charge in [-0.3, -0.25) is 0 Å². The third-order valence-corrected chi connectivity index (χ3v) is 3.29. The Hall–Kier alpha value is -1.82. The Labute approximate surface area is 103 Å². The van der Waals surface area contributed by atoms with Crippen molar-refractivity contribution in [1.29, 1.82) is 0 Å². The van der Waals surface area contributed by atoms with Crippen LogP contribution in [0.4, 0.5) is 0 Å². The second kappa shape index (κ2) is 3.89. The van der Waals surface area contributed by atoms with Crippen molar-refractivity contribution < 1.29 is 0 Å². The third-order valence-electron chi connectivity index (χ3n) is 3.29. The molecule has 1 aliphatic rings. The van der Waals surface area contributed by atoms with Crippen LogP contribution < -0.4 is 0 Å². The van der Waals surface area contributed by atoms with Crippen molar-refractivity contribution in [2.45, 2.75) is 13.8 Å². The van der Waals surface area contributed by atoms with Crippen molar-refractivity contribution in [3.63, 3.8) is 0 Å². The Morgan fingerprint density at radius 1 is 0.882 bits per heavy atom. The van der Waals surface area contributed by atoms with E-state index in [9.17, 15) is 0 Å². The van der Waals surface area contributed by atoms with Gasteiger partial charge in [-0.15, -0.1) is 0 Å². The van der Waals surface area contributed by atoms with Crippen LogP contribution >= 0.6 is 0 Å². The van der Waals surface area contributed by atoms with Gasteiger partial charge >= 0.3 is 0 Å². The van der Waals surface area contributed by atoms with Crippen molar-refractivity contribution in [2.75, 3.05) is 0 Å². The molecule has 1 aliphatic carbocycles. The third kappa shape index (κ3) is 1.70. The van der Waals surface area contributed by atoms with Crippen LogP contribution in [0.1, 0.15) is 27.8 Å². The number of fused-ring (bicyclic) bond motifs is 1. The fourth-order valence-electron chi connectivity index (χ4n) is 2.61. The highest BCUT2D eigenvalue weighted by Crippen LogP contribution is 2.36. The molecule has 0 spiro atoms. The van der Waals surface area contributed by atoms with E-state index in [1.165, 1.54) is 33.4 Å². The minimum atomic E-state index is 1.30. The lowest BCUT2D eigenvalue weighted by molar-refractivity contribution is 1.33. The van der Waals surface area contributed by atoms with Crippen LogP contribution in [-0.4, -0.2) is 0 Å². The molecular weight excluding hydrogens is 204 g/mol. The standard InChI is InChI=1S/C17H15/c1-12-10-13(2)17-15(11-12)8-9-16(17)14-6-4-3-5-7-14/h3-11H,1-2H3. The van der Waals surface area contributed by atoms with Gasteiger partial charge in [0, 0.05) is 6.42 Å². The zero-order chi connectivity index (χ0) is 11.8. The Bertz CT molecular complexity index is 589. The predicted octanol–water partition coefficient (Wildman–Crippen LogP) is 4.30. The van der Waals surface area contributed by atoms with Gasteiger partial charge < -0.3 is 0 Å². The highest BCUT2D eigenvalue weighted by molar-refractivity contribution is 5.88. The minimum absolute atomic E-state index is 1.30. The first-order valence-corrected chi connectivity index (χ1v) is 5.98. The SMILES string of the molecule is Cc1cc(C)c2c(c1)[CH]C=C2c1ccccc1. The van der Waals surface area contributed by atoms with E-state index in [0.29, 0.717) is 0 Å². The van der Waals surface area contributed by atoms with Crippen molar-refractivity contribution in [3.8, 4) is 0 Å². The molecule has 0 amide bonds. The van der Waals surface area contributed by atoms with Gasteiger partial charge in [-0.1, -0.05) is 54.1 Å². The number of benzene rings is 2. The van der Waals surface area contributed by atoms with E-state index in [0.717, 1.165) is 0 Å². The first kappa shape index (κ1) is 10.3. The molecule has 0 aliphatic heterocycles. The molecule has 0 atom stereocenters. The molecule has 0 unspecified atom stereocenters. The molecule has 0 heterocycles. The summed E-state index contributed by atoms with van der Waals surface area (Å²) in [6.45, 7) is 4.35. The molecule has 1 radical (unpaired) electrons. The van der Waals surface area contributed by atoms with Gasteiger partial charge in [0.15, 0.2) is 0 Å². The van der Waals surface area contributed by atoms with E-state index >= 15 is 0 Å². The average molecular weight is 219 g/mol. The molecule has 0 heteroatoms. The molecule has 0 bridgehead atoms. The lowest BCUT2D eigenvalue weighted by Crippen LogP contribution is -1.92. The summed E-state index contributed by atoms with van der Waals surface area (Å²) in [4.78, 5) is 0. The number of hydrogen-bond acceptors (Lipinski definition) is 0. The highest BCUT2D eigenvalue weighted by Gasteiger charge is 2.17. The smallest absolute Gasteiger partial charge is 0.0138 e. The molecule has 0 saturated heterocycles. The zero-order valence-corrected chi connectivity index (χ0v) is 10.2. The molecule has 2 aromatic rings. The van der Waals surface area contributed by atoms with E-state index in [4.69, 9.17) is 0 Å². The maximum absolute atomic E-state index is 2.26. The van der Waals surface area contributed by atoms with Crippen LogP contribution in [0.25, 0.3) is 5.57 Å². The molecule has 0 nitrogen and oxygen atoms in total. The highest BCUT2D eigenvalue weighted by atomic mass is 14.2. The van der Waals surface area contributed by atoms with Crippen LogP contribution in [-0.2, 0) is 0 Å². The van der Waals surface area contributed by atoms with E-state index in [1.807, 2.05) is 0 Å². The van der Waals surface area contributed by atoms with Crippen LogP contribution in [0, 0.1) is 20.3 Å². The second-order valence-electron chi connectivity index (χ2n) is 4.66. The monoisotopic (exact) mass is 219 g/mol. The zero-order valence-electron chi connectivity index (χ0n) is 10.2. The largest absolute Gasteiger partial charge is 0.0676 e. The summed E-state index contributed by atoms with van der Waals surface area (Å²) >= 11 is 0. The molecule has 0 fully saturated rings. The molecular formula is C17H15. The van der Waals surface area contributed by atoms with Crippen molar-refractivity contribution in [1.82, 2.24) is 0 Å². The molecule has 0 saturated carbocycles. The molecule has 0 aromatic heterocycles. The molecule has 0 N–H and O–H groups in total. The van der Waals surface area contributed by atoms with Gasteiger partial charge in [-0.2, -0.15) is 0 Å². The molecule has 3 rings (SSSR count). The van der Waals surface area contributed by atoms with Crippen LogP contribution in [0.5, 0.6) is 0 Å². The Morgan fingerprint density at radius 2 is 1.65 bits per heavy atom. The minimum Gasteiger partial charge on any atom is -0.0676 e. The topological polar surface area (TPSA) is 0 Å². The van der Waals surface area contributed by atoms with E-state index in [1.54, 1.807) is 0 Å². The summed E-state index contributed by atoms with van der Waals surface area (Å²) in [5, 5.41) is 0. The van der Waals surface area contributed by atoms with Gasteiger partial charge in [0.05, 0.1) is 0 Å². The quantitative estimate of drug-likeness (QED) is 0.670. The van der Waals surface area contributed by atoms with E-state index < -0.39 is 0 Å². The summed E-state index contributed by atoms with van der Waals surface area (Å²) in [5.74, 6) is 0. The van der Waals surface area contributed by atoms with Crippen molar-refractivity contribution in [3.05, 3.63) is 82.8 Å². The fourth-order valence-corrected chi connectivity index (χ4v) is 2.61.